The van der Waals surface area contributed by atoms with Crippen molar-refractivity contribution in [2.75, 3.05) is 35.8 Å². The summed E-state index contributed by atoms with van der Waals surface area (Å²) >= 11 is 7.39. The normalized spacial score (nSPS) is 15.4. The van der Waals surface area contributed by atoms with E-state index in [9.17, 15) is 13.2 Å². The number of hydrogen-bond acceptors (Lipinski definition) is 6. The molecule has 35 heavy (non-hydrogen) atoms. The van der Waals surface area contributed by atoms with Gasteiger partial charge in [0.2, 0.25) is 5.91 Å². The molecule has 0 aliphatic carbocycles. The van der Waals surface area contributed by atoms with E-state index in [0.29, 0.717) is 36.3 Å². The number of thiazole rings is 1. The van der Waals surface area contributed by atoms with Crippen molar-refractivity contribution in [1.82, 2.24) is 14.5 Å². The fourth-order valence-corrected chi connectivity index (χ4v) is 6.27. The summed E-state index contributed by atoms with van der Waals surface area (Å²) in [6, 6.07) is 14.1. The molecule has 1 N–H and O–H groups in total. The van der Waals surface area contributed by atoms with E-state index in [1.54, 1.807) is 35.8 Å². The van der Waals surface area contributed by atoms with E-state index in [-0.39, 0.29) is 18.3 Å². The summed E-state index contributed by atoms with van der Waals surface area (Å²) in [5.74, 6) is 0.0665. The number of fused-ring (bicyclic) bond motifs is 1. The molecule has 2 aromatic heterocycles. The van der Waals surface area contributed by atoms with Crippen LogP contribution in [0.5, 0.6) is 0 Å². The van der Waals surface area contributed by atoms with Gasteiger partial charge in [0.25, 0.3) is 10.0 Å². The maximum Gasteiger partial charge on any atom is 0.263 e. The molecule has 1 amide bonds. The molecule has 0 spiro atoms. The Morgan fingerprint density at radius 1 is 1.11 bits per heavy atom. The minimum atomic E-state index is -3.68. The molecule has 5 rings (SSSR count). The van der Waals surface area contributed by atoms with Crippen molar-refractivity contribution in [2.24, 2.45) is 0 Å². The SMILES string of the molecule is C[C@@H](C(=O)N1CCN(c2ccc(S(=O)(=O)Nc3nccs3)cc2)CC1)n1ccc2ccc(Cl)cc21.[HH]. The van der Waals surface area contributed by atoms with Gasteiger partial charge in [0.05, 0.1) is 10.4 Å². The molecule has 1 aliphatic rings. The Bertz CT molecular complexity index is 1450. The topological polar surface area (TPSA) is 87.5 Å². The molecule has 184 valence electrons. The third kappa shape index (κ3) is 4.86. The van der Waals surface area contributed by atoms with Crippen LogP contribution in [0.3, 0.4) is 0 Å². The predicted molar refractivity (Wildman–Crippen MR) is 142 cm³/mol. The lowest BCUT2D eigenvalue weighted by Crippen LogP contribution is -2.50. The Kier molecular flexibility index (Phi) is 6.43. The molecule has 3 heterocycles. The number of carbonyl (C=O) groups is 1. The Morgan fingerprint density at radius 3 is 2.54 bits per heavy atom. The van der Waals surface area contributed by atoms with Gasteiger partial charge in [-0.3, -0.25) is 9.52 Å². The van der Waals surface area contributed by atoms with Gasteiger partial charge in [-0.05, 0) is 54.8 Å². The molecule has 1 atom stereocenters. The van der Waals surface area contributed by atoms with Crippen LogP contribution in [0.4, 0.5) is 10.8 Å². The van der Waals surface area contributed by atoms with Crippen LogP contribution in [0.1, 0.15) is 14.4 Å². The molecule has 2 aromatic carbocycles. The summed E-state index contributed by atoms with van der Waals surface area (Å²) in [4.78, 5) is 21.4. The summed E-state index contributed by atoms with van der Waals surface area (Å²) in [6.45, 7) is 4.43. The van der Waals surface area contributed by atoms with Gasteiger partial charge in [0.1, 0.15) is 6.04 Å². The van der Waals surface area contributed by atoms with Gasteiger partial charge in [-0.25, -0.2) is 13.4 Å². The second kappa shape index (κ2) is 9.52. The van der Waals surface area contributed by atoms with Crippen molar-refractivity contribution in [3.8, 4) is 0 Å². The molecule has 4 aromatic rings. The Balaban J connectivity index is 0.00000304. The minimum absolute atomic E-state index is 0. The van der Waals surface area contributed by atoms with E-state index < -0.39 is 10.0 Å². The summed E-state index contributed by atoms with van der Waals surface area (Å²) < 4.78 is 29.6. The first-order valence-electron chi connectivity index (χ1n) is 11.1. The summed E-state index contributed by atoms with van der Waals surface area (Å²) in [7, 11) is -3.68. The Morgan fingerprint density at radius 2 is 1.86 bits per heavy atom. The lowest BCUT2D eigenvalue weighted by Gasteiger charge is -2.37. The van der Waals surface area contributed by atoms with Crippen molar-refractivity contribution in [3.63, 3.8) is 0 Å². The highest BCUT2D eigenvalue weighted by molar-refractivity contribution is 7.93. The monoisotopic (exact) mass is 531 g/mol. The number of nitrogens with zero attached hydrogens (tertiary/aromatic N) is 4. The van der Waals surface area contributed by atoms with Crippen molar-refractivity contribution >= 4 is 60.6 Å². The second-order valence-corrected chi connectivity index (χ2v) is 11.4. The van der Waals surface area contributed by atoms with Gasteiger partial charge in [-0.1, -0.05) is 17.7 Å². The highest BCUT2D eigenvalue weighted by atomic mass is 35.5. The molecule has 0 bridgehead atoms. The maximum absolute atomic E-state index is 13.2. The first-order valence-corrected chi connectivity index (χ1v) is 13.9. The van der Waals surface area contributed by atoms with Gasteiger partial charge in [-0.15, -0.1) is 11.3 Å². The first kappa shape index (κ1) is 23.7. The number of nitrogens with one attached hydrogen (secondary N) is 1. The standard InChI is InChI=1S/C24H24ClN5O3S2.H2/c1-17(30-10-8-18-2-3-19(25)16-22(18)30)23(31)29-13-11-28(12-14-29)20-4-6-21(7-5-20)35(32,33)27-24-26-9-15-34-24;/h2-10,15-17H,11-14H2,1H3,(H,26,27);1H/t17-;/m0./s1. The maximum atomic E-state index is 13.2. The van der Waals surface area contributed by atoms with Gasteiger partial charge < -0.3 is 14.4 Å². The number of sulfonamides is 1. The zero-order chi connectivity index (χ0) is 24.6. The van der Waals surface area contributed by atoms with Crippen LogP contribution in [-0.4, -0.2) is 55.0 Å². The number of amides is 1. The number of aromatic nitrogens is 2. The fraction of sp³-hybridized carbons (Fsp3) is 0.250. The largest absolute Gasteiger partial charge is 0.368 e. The van der Waals surface area contributed by atoms with Crippen LogP contribution < -0.4 is 9.62 Å². The summed E-state index contributed by atoms with van der Waals surface area (Å²) in [6.07, 6.45) is 3.48. The molecule has 0 unspecified atom stereocenters. The lowest BCUT2D eigenvalue weighted by molar-refractivity contribution is -0.134. The molecule has 0 radical (unpaired) electrons. The molecule has 1 saturated heterocycles. The molecule has 1 aliphatic heterocycles. The van der Waals surface area contributed by atoms with Crippen molar-refractivity contribution in [1.29, 1.82) is 0 Å². The van der Waals surface area contributed by atoms with E-state index in [1.165, 1.54) is 11.3 Å². The molecule has 1 fully saturated rings. The number of piperazine rings is 1. The smallest absolute Gasteiger partial charge is 0.263 e. The van der Waals surface area contributed by atoms with Crippen LogP contribution in [0.15, 0.2) is 71.2 Å². The second-order valence-electron chi connectivity index (χ2n) is 8.35. The van der Waals surface area contributed by atoms with Gasteiger partial charge in [0.15, 0.2) is 5.13 Å². The van der Waals surface area contributed by atoms with Crippen molar-refractivity contribution < 1.29 is 14.6 Å². The number of rotatable bonds is 6. The highest BCUT2D eigenvalue weighted by Crippen LogP contribution is 2.26. The van der Waals surface area contributed by atoms with Crippen molar-refractivity contribution in [3.05, 3.63) is 71.3 Å². The first-order chi connectivity index (χ1) is 16.8. The number of anilines is 2. The Hall–Kier alpha value is -3.08. The fourth-order valence-electron chi connectivity index (χ4n) is 4.31. The zero-order valence-corrected chi connectivity index (χ0v) is 21.4. The minimum Gasteiger partial charge on any atom is -0.368 e. The van der Waals surface area contributed by atoms with E-state index in [1.807, 2.05) is 46.9 Å². The predicted octanol–water partition coefficient (Wildman–Crippen LogP) is 4.71. The molecular formula is C24H26ClN5O3S2. The molecule has 8 nitrogen and oxygen atoms in total. The van der Waals surface area contributed by atoms with Crippen LogP contribution >= 0.6 is 22.9 Å². The van der Waals surface area contributed by atoms with E-state index in [4.69, 9.17) is 11.6 Å². The average molecular weight is 532 g/mol. The van der Waals surface area contributed by atoms with Crippen molar-refractivity contribution in [2.45, 2.75) is 17.9 Å². The van der Waals surface area contributed by atoms with E-state index in [2.05, 4.69) is 14.6 Å². The Labute approximate surface area is 214 Å². The van der Waals surface area contributed by atoms with E-state index >= 15 is 0 Å². The average Bonchev–Trinajstić information content (AvgIpc) is 3.52. The third-order valence-corrected chi connectivity index (χ3v) is 8.63. The lowest BCUT2D eigenvalue weighted by atomic mass is 10.2. The van der Waals surface area contributed by atoms with Gasteiger partial charge in [0, 0.05) is 56.1 Å². The summed E-state index contributed by atoms with van der Waals surface area (Å²) in [5, 5.41) is 3.73. The molecule has 11 heteroatoms. The van der Waals surface area contributed by atoms with Gasteiger partial charge in [-0.2, -0.15) is 0 Å². The third-order valence-electron chi connectivity index (χ3n) is 6.22. The summed E-state index contributed by atoms with van der Waals surface area (Å²) in [5.41, 5.74) is 1.86. The highest BCUT2D eigenvalue weighted by Gasteiger charge is 2.27. The molecular weight excluding hydrogens is 506 g/mol. The van der Waals surface area contributed by atoms with Crippen LogP contribution in [0, 0.1) is 0 Å². The van der Waals surface area contributed by atoms with Gasteiger partial charge >= 0.3 is 0 Å². The number of hydrogen-bond donors (Lipinski definition) is 1. The van der Waals surface area contributed by atoms with Crippen LogP contribution in [0.2, 0.25) is 5.02 Å². The number of benzene rings is 2. The van der Waals surface area contributed by atoms with E-state index in [0.717, 1.165) is 16.6 Å². The number of carbonyl (C=O) groups excluding carboxylic acids is 1. The molecule has 0 saturated carbocycles. The quantitative estimate of drug-likeness (QED) is 0.389. The zero-order valence-electron chi connectivity index (χ0n) is 19.0. The van der Waals surface area contributed by atoms with Crippen LogP contribution in [-0.2, 0) is 14.8 Å². The van der Waals surface area contributed by atoms with Crippen LogP contribution in [0.25, 0.3) is 10.9 Å². The number of halogens is 1.